The molecule has 6 atom stereocenters. The number of nitrogens with zero attached hydrogens (tertiary/aromatic N) is 2. The molecule has 4 aliphatic carbocycles. The van der Waals surface area contributed by atoms with Crippen LogP contribution in [0.1, 0.15) is 12.0 Å². The first-order chi connectivity index (χ1) is 12.0. The number of benzene rings is 1. The molecule has 5 nitrogen and oxygen atoms in total. The van der Waals surface area contributed by atoms with Crippen LogP contribution >= 0.6 is 45.2 Å². The lowest BCUT2D eigenvalue weighted by Crippen LogP contribution is -2.40. The summed E-state index contributed by atoms with van der Waals surface area (Å²) in [6.07, 6.45) is 6.86. The normalized spacial score (nSPS) is 37.8. The van der Waals surface area contributed by atoms with Crippen molar-refractivity contribution in [1.29, 1.82) is 0 Å². The first kappa shape index (κ1) is 16.2. The first-order valence-corrected chi connectivity index (χ1v) is 10.4. The van der Waals surface area contributed by atoms with Gasteiger partial charge in [0.05, 0.1) is 21.6 Å². The summed E-state index contributed by atoms with van der Waals surface area (Å²) in [5.74, 6) is 0.820. The molecule has 1 heterocycles. The van der Waals surface area contributed by atoms with E-state index in [1.54, 1.807) is 6.07 Å². The van der Waals surface area contributed by atoms with Gasteiger partial charge in [-0.3, -0.25) is 9.59 Å². The van der Waals surface area contributed by atoms with E-state index >= 15 is 0 Å². The van der Waals surface area contributed by atoms with Crippen LogP contribution in [0, 0.1) is 42.6 Å². The van der Waals surface area contributed by atoms with Crippen molar-refractivity contribution < 1.29 is 14.7 Å². The molecule has 2 amide bonds. The molecule has 6 rings (SSSR count). The summed E-state index contributed by atoms with van der Waals surface area (Å²) in [4.78, 5) is 25.7. The molecule has 3 fully saturated rings. The van der Waals surface area contributed by atoms with E-state index < -0.39 is 0 Å². The largest absolute Gasteiger partial charge is 0.506 e. The molecule has 0 radical (unpaired) electrons. The van der Waals surface area contributed by atoms with Crippen LogP contribution in [-0.2, 0) is 9.59 Å². The number of aromatic hydroxyl groups is 1. The number of allylic oxidation sites excluding steroid dienone is 2. The maximum Gasteiger partial charge on any atom is 0.254 e. The Morgan fingerprint density at radius 1 is 1.08 bits per heavy atom. The summed E-state index contributed by atoms with van der Waals surface area (Å²) in [5.41, 5.74) is 0.510. The lowest BCUT2D eigenvalue weighted by atomic mass is 9.63. The van der Waals surface area contributed by atoms with Crippen molar-refractivity contribution in [3.63, 3.8) is 0 Å². The van der Waals surface area contributed by atoms with E-state index in [2.05, 4.69) is 39.8 Å². The standard InChI is InChI=1S/C18H14I2N2O3/c19-8-3-7(16(23)13(20)4-8)6-21-22-17(24)14-9-1-2-10(12-5-11(9)12)15(14)18(22)25/h1-4,6,9-12,14-15,23H,5H2/b21-6-/t9-,10-,11-,12-,14-,15+/m0/s1. The molecule has 0 unspecified atom stereocenters. The van der Waals surface area contributed by atoms with E-state index in [4.69, 9.17) is 0 Å². The fourth-order valence-corrected chi connectivity index (χ4v) is 6.75. The third-order valence-electron chi connectivity index (χ3n) is 6.01. The Kier molecular flexibility index (Phi) is 3.58. The Balaban J connectivity index is 1.47. The van der Waals surface area contributed by atoms with Gasteiger partial charge in [-0.2, -0.15) is 10.1 Å². The predicted molar refractivity (Wildman–Crippen MR) is 108 cm³/mol. The van der Waals surface area contributed by atoms with Gasteiger partial charge in [-0.05, 0) is 87.4 Å². The molecule has 1 saturated heterocycles. The fourth-order valence-electron chi connectivity index (χ4n) is 4.86. The van der Waals surface area contributed by atoms with Crippen LogP contribution in [0.5, 0.6) is 5.75 Å². The number of amides is 2. The second-order valence-electron chi connectivity index (χ2n) is 7.21. The molecule has 1 aliphatic heterocycles. The smallest absolute Gasteiger partial charge is 0.254 e. The Hall–Kier alpha value is -0.970. The molecule has 2 bridgehead atoms. The summed E-state index contributed by atoms with van der Waals surface area (Å²) in [6, 6.07) is 3.63. The van der Waals surface area contributed by atoms with Gasteiger partial charge in [-0.25, -0.2) is 0 Å². The van der Waals surface area contributed by atoms with Crippen LogP contribution in [0.25, 0.3) is 0 Å². The molecule has 5 aliphatic rings. The quantitative estimate of drug-likeness (QED) is 0.262. The Bertz CT molecular complexity index is 845. The minimum atomic E-state index is -0.243. The molecule has 1 aromatic rings. The number of hydrazone groups is 1. The van der Waals surface area contributed by atoms with Crippen molar-refractivity contribution in [3.05, 3.63) is 37.0 Å². The minimum absolute atomic E-state index is 0.115. The maximum absolute atomic E-state index is 12.8. The van der Waals surface area contributed by atoms with Gasteiger partial charge in [0.25, 0.3) is 11.8 Å². The van der Waals surface area contributed by atoms with E-state index in [1.165, 1.54) is 6.21 Å². The number of carbonyl (C=O) groups is 2. The monoisotopic (exact) mass is 560 g/mol. The van der Waals surface area contributed by atoms with Crippen molar-refractivity contribution in [2.24, 2.45) is 40.6 Å². The number of imide groups is 1. The average molecular weight is 560 g/mol. The zero-order valence-electron chi connectivity index (χ0n) is 13.0. The van der Waals surface area contributed by atoms with E-state index in [0.717, 1.165) is 15.0 Å². The molecular weight excluding hydrogens is 546 g/mol. The van der Waals surface area contributed by atoms with Gasteiger partial charge >= 0.3 is 0 Å². The van der Waals surface area contributed by atoms with Crippen LogP contribution in [-0.4, -0.2) is 28.1 Å². The lowest BCUT2D eigenvalue weighted by molar-refractivity contribution is -0.140. The molecule has 0 aromatic heterocycles. The summed E-state index contributed by atoms with van der Waals surface area (Å²) in [7, 11) is 0. The van der Waals surface area contributed by atoms with Crippen molar-refractivity contribution in [2.45, 2.75) is 6.42 Å². The van der Waals surface area contributed by atoms with Crippen LogP contribution in [0.15, 0.2) is 29.4 Å². The van der Waals surface area contributed by atoms with Gasteiger partial charge in [-0.1, -0.05) is 12.2 Å². The zero-order valence-corrected chi connectivity index (χ0v) is 17.3. The predicted octanol–water partition coefficient (Wildman–Crippen LogP) is 2.99. The van der Waals surface area contributed by atoms with Gasteiger partial charge in [0.15, 0.2) is 0 Å². The van der Waals surface area contributed by atoms with E-state index in [-0.39, 0.29) is 41.2 Å². The molecule has 1 N–H and O–H groups in total. The van der Waals surface area contributed by atoms with Crippen LogP contribution < -0.4 is 0 Å². The van der Waals surface area contributed by atoms with E-state index in [1.807, 2.05) is 28.7 Å². The number of hydrogen-bond donors (Lipinski definition) is 1. The van der Waals surface area contributed by atoms with Gasteiger partial charge < -0.3 is 5.11 Å². The molecule has 1 aromatic carbocycles. The van der Waals surface area contributed by atoms with Crippen molar-refractivity contribution in [3.8, 4) is 5.75 Å². The fraction of sp³-hybridized carbons (Fsp3) is 0.389. The second-order valence-corrected chi connectivity index (χ2v) is 9.62. The van der Waals surface area contributed by atoms with Crippen LogP contribution in [0.2, 0.25) is 0 Å². The molecule has 0 spiro atoms. The van der Waals surface area contributed by atoms with Gasteiger partial charge in [0, 0.05) is 9.13 Å². The zero-order chi connectivity index (χ0) is 17.5. The van der Waals surface area contributed by atoms with Crippen molar-refractivity contribution in [2.75, 3.05) is 0 Å². The summed E-state index contributed by atoms with van der Waals surface area (Å²) in [5, 5.41) is 15.4. The highest BCUT2D eigenvalue weighted by Gasteiger charge is 2.67. The SMILES string of the molecule is O=C1[C@@H]2[C@H]3C=C[C@@H]([C@@H]4C[C@@H]34)[C@@H]2C(=O)N1/N=C\c1cc(I)cc(I)c1O. The van der Waals surface area contributed by atoms with Gasteiger partial charge in [-0.15, -0.1) is 0 Å². The topological polar surface area (TPSA) is 70.0 Å². The number of hydrogen-bond acceptors (Lipinski definition) is 4. The average Bonchev–Trinajstić information content (AvgIpc) is 3.36. The third-order valence-corrected chi connectivity index (χ3v) is 7.45. The molecular formula is C18H14I2N2O3. The Labute approximate surface area is 171 Å². The van der Waals surface area contributed by atoms with Crippen molar-refractivity contribution in [1.82, 2.24) is 5.01 Å². The number of phenols is 1. The maximum atomic E-state index is 12.8. The first-order valence-electron chi connectivity index (χ1n) is 8.25. The highest BCUT2D eigenvalue weighted by atomic mass is 127. The second kappa shape index (κ2) is 5.51. The van der Waals surface area contributed by atoms with Gasteiger partial charge in [0.2, 0.25) is 0 Å². The summed E-state index contributed by atoms with van der Waals surface area (Å²) < 4.78 is 1.66. The summed E-state index contributed by atoms with van der Waals surface area (Å²) in [6.45, 7) is 0. The van der Waals surface area contributed by atoms with Crippen LogP contribution in [0.4, 0.5) is 0 Å². The number of rotatable bonds is 2. The van der Waals surface area contributed by atoms with Gasteiger partial charge in [0.1, 0.15) is 5.75 Å². The van der Waals surface area contributed by atoms with Crippen LogP contribution in [0.3, 0.4) is 0 Å². The Morgan fingerprint density at radius 3 is 2.28 bits per heavy atom. The minimum Gasteiger partial charge on any atom is -0.506 e. The molecule has 128 valence electrons. The van der Waals surface area contributed by atoms with Crippen molar-refractivity contribution >= 4 is 63.2 Å². The highest BCUT2D eigenvalue weighted by molar-refractivity contribution is 14.1. The number of halogens is 2. The molecule has 25 heavy (non-hydrogen) atoms. The van der Waals surface area contributed by atoms with E-state index in [0.29, 0.717) is 21.0 Å². The third kappa shape index (κ3) is 2.27. The highest BCUT2D eigenvalue weighted by Crippen LogP contribution is 2.65. The number of phenolic OH excluding ortho intramolecular Hbond substituents is 1. The Morgan fingerprint density at radius 2 is 1.68 bits per heavy atom. The molecule has 2 saturated carbocycles. The van der Waals surface area contributed by atoms with E-state index in [9.17, 15) is 14.7 Å². The summed E-state index contributed by atoms with van der Waals surface area (Å²) >= 11 is 4.20. The lowest BCUT2D eigenvalue weighted by Gasteiger charge is -2.37. The number of carbonyl (C=O) groups excluding carboxylic acids is 2. The molecule has 7 heteroatoms.